The van der Waals surface area contributed by atoms with E-state index in [0.29, 0.717) is 6.07 Å². The van der Waals surface area contributed by atoms with Gasteiger partial charge in [-0.05, 0) is 31.2 Å². The summed E-state index contributed by atoms with van der Waals surface area (Å²) in [6.07, 6.45) is 0. The molecule has 0 fully saturated rings. The van der Waals surface area contributed by atoms with Gasteiger partial charge in [0, 0.05) is 24.7 Å². The van der Waals surface area contributed by atoms with E-state index in [1.54, 1.807) is 6.92 Å². The fourth-order valence-corrected chi connectivity index (χ4v) is 2.20. The van der Waals surface area contributed by atoms with Crippen LogP contribution < -0.4 is 15.4 Å². The van der Waals surface area contributed by atoms with Gasteiger partial charge >= 0.3 is 0 Å². The summed E-state index contributed by atoms with van der Waals surface area (Å²) >= 11 is 0. The minimum absolute atomic E-state index is 0.0170. The number of halogens is 2. The Kier molecular flexibility index (Phi) is 6.05. The van der Waals surface area contributed by atoms with Crippen LogP contribution in [-0.4, -0.2) is 30.5 Å². The average Bonchev–Trinajstić information content (AvgIpc) is 2.60. The standard InChI is InChI=1S/C17H17F2N3O4/c1-10(9-26-16-6-4-12(18)8-13(16)19)21-14-5-3-11(17(23)20-2)7-15(14)22(24)25/h3-8,10,21H,9H2,1-2H3,(H,20,23). The first-order chi connectivity index (χ1) is 12.3. The molecule has 0 aliphatic heterocycles. The van der Waals surface area contributed by atoms with Gasteiger partial charge in [-0.15, -0.1) is 0 Å². The van der Waals surface area contributed by atoms with Crippen LogP contribution in [0.1, 0.15) is 17.3 Å². The van der Waals surface area contributed by atoms with Crippen LogP contribution in [0.4, 0.5) is 20.2 Å². The number of nitro groups is 1. The van der Waals surface area contributed by atoms with Gasteiger partial charge in [-0.2, -0.15) is 0 Å². The van der Waals surface area contributed by atoms with Crippen LogP contribution in [-0.2, 0) is 0 Å². The third-order valence-corrected chi connectivity index (χ3v) is 3.47. The van der Waals surface area contributed by atoms with Gasteiger partial charge in [0.05, 0.1) is 11.0 Å². The van der Waals surface area contributed by atoms with Crippen LogP contribution in [0.15, 0.2) is 36.4 Å². The molecule has 138 valence electrons. The normalized spacial score (nSPS) is 11.5. The van der Waals surface area contributed by atoms with Crippen molar-refractivity contribution in [1.29, 1.82) is 0 Å². The predicted octanol–water partition coefficient (Wildman–Crippen LogP) is 3.11. The van der Waals surface area contributed by atoms with Crippen molar-refractivity contribution >= 4 is 17.3 Å². The van der Waals surface area contributed by atoms with E-state index in [1.165, 1.54) is 19.2 Å². The fraction of sp³-hybridized carbons (Fsp3) is 0.235. The highest BCUT2D eigenvalue weighted by Crippen LogP contribution is 2.26. The van der Waals surface area contributed by atoms with Gasteiger partial charge in [0.15, 0.2) is 11.6 Å². The van der Waals surface area contributed by atoms with Gasteiger partial charge < -0.3 is 15.4 Å². The predicted molar refractivity (Wildman–Crippen MR) is 91.4 cm³/mol. The molecule has 0 saturated carbocycles. The Balaban J connectivity index is 2.09. The van der Waals surface area contributed by atoms with E-state index < -0.39 is 28.5 Å². The second kappa shape index (κ2) is 8.24. The molecule has 1 amide bonds. The van der Waals surface area contributed by atoms with Crippen LogP contribution in [0.3, 0.4) is 0 Å². The second-order valence-electron chi connectivity index (χ2n) is 5.50. The Morgan fingerprint density at radius 3 is 2.62 bits per heavy atom. The molecule has 9 heteroatoms. The molecule has 0 saturated heterocycles. The smallest absolute Gasteiger partial charge is 0.293 e. The van der Waals surface area contributed by atoms with Crippen LogP contribution in [0.5, 0.6) is 5.75 Å². The lowest BCUT2D eigenvalue weighted by Gasteiger charge is -2.17. The third kappa shape index (κ3) is 4.65. The summed E-state index contributed by atoms with van der Waals surface area (Å²) in [5, 5.41) is 16.5. The van der Waals surface area contributed by atoms with Crippen molar-refractivity contribution in [3.63, 3.8) is 0 Å². The van der Waals surface area contributed by atoms with E-state index in [4.69, 9.17) is 4.74 Å². The zero-order valence-electron chi connectivity index (χ0n) is 14.1. The van der Waals surface area contributed by atoms with Crippen molar-refractivity contribution in [1.82, 2.24) is 5.32 Å². The largest absolute Gasteiger partial charge is 0.488 e. The summed E-state index contributed by atoms with van der Waals surface area (Å²) in [6.45, 7) is 1.66. The van der Waals surface area contributed by atoms with Crippen molar-refractivity contribution in [2.75, 3.05) is 19.0 Å². The fourth-order valence-electron chi connectivity index (χ4n) is 2.20. The summed E-state index contributed by atoms with van der Waals surface area (Å²) < 4.78 is 31.7. The summed E-state index contributed by atoms with van der Waals surface area (Å²) in [4.78, 5) is 22.2. The summed E-state index contributed by atoms with van der Waals surface area (Å²) in [6, 6.07) is 6.53. The molecule has 2 rings (SSSR count). The zero-order chi connectivity index (χ0) is 19.3. The van der Waals surface area contributed by atoms with E-state index in [-0.39, 0.29) is 29.3 Å². The maximum atomic E-state index is 13.5. The number of rotatable bonds is 7. The number of nitro benzene ring substituents is 1. The number of nitrogens with one attached hydrogen (secondary N) is 2. The first-order valence-corrected chi connectivity index (χ1v) is 7.66. The number of amides is 1. The van der Waals surface area contributed by atoms with Crippen molar-refractivity contribution in [3.8, 4) is 5.75 Å². The molecule has 1 unspecified atom stereocenters. The van der Waals surface area contributed by atoms with Crippen LogP contribution in [0.2, 0.25) is 0 Å². The van der Waals surface area contributed by atoms with Crippen molar-refractivity contribution in [2.24, 2.45) is 0 Å². The molecule has 2 N–H and O–H groups in total. The molecular weight excluding hydrogens is 348 g/mol. The number of anilines is 1. The molecule has 0 aliphatic rings. The topological polar surface area (TPSA) is 93.5 Å². The van der Waals surface area contributed by atoms with Crippen molar-refractivity contribution in [2.45, 2.75) is 13.0 Å². The number of carbonyl (C=O) groups is 1. The average molecular weight is 365 g/mol. The number of benzene rings is 2. The molecule has 2 aromatic rings. The van der Waals surface area contributed by atoms with E-state index >= 15 is 0 Å². The zero-order valence-corrected chi connectivity index (χ0v) is 14.1. The lowest BCUT2D eigenvalue weighted by atomic mass is 10.1. The van der Waals surface area contributed by atoms with Gasteiger partial charge in [-0.25, -0.2) is 8.78 Å². The maximum Gasteiger partial charge on any atom is 0.293 e. The first kappa shape index (κ1) is 19.1. The third-order valence-electron chi connectivity index (χ3n) is 3.47. The molecule has 0 aliphatic carbocycles. The van der Waals surface area contributed by atoms with Crippen molar-refractivity contribution in [3.05, 3.63) is 63.7 Å². The van der Waals surface area contributed by atoms with Gasteiger partial charge in [-0.1, -0.05) is 0 Å². The highest BCUT2D eigenvalue weighted by Gasteiger charge is 2.19. The quantitative estimate of drug-likeness (QED) is 0.581. The molecule has 2 aromatic carbocycles. The van der Waals surface area contributed by atoms with E-state index in [9.17, 15) is 23.7 Å². The Labute approximate surface area is 148 Å². The minimum atomic E-state index is -0.835. The van der Waals surface area contributed by atoms with E-state index in [2.05, 4.69) is 10.6 Å². The summed E-state index contributed by atoms with van der Waals surface area (Å²) in [5.74, 6) is -2.11. The van der Waals surface area contributed by atoms with Gasteiger partial charge in [0.2, 0.25) is 0 Å². The molecule has 0 heterocycles. The molecule has 1 atom stereocenters. The van der Waals surface area contributed by atoms with Crippen LogP contribution in [0.25, 0.3) is 0 Å². The number of ether oxygens (including phenoxy) is 1. The Morgan fingerprint density at radius 1 is 1.27 bits per heavy atom. The van der Waals surface area contributed by atoms with E-state index in [0.717, 1.165) is 18.2 Å². The van der Waals surface area contributed by atoms with Gasteiger partial charge in [-0.3, -0.25) is 14.9 Å². The number of nitrogens with zero attached hydrogens (tertiary/aromatic N) is 1. The van der Waals surface area contributed by atoms with Crippen molar-refractivity contribution < 1.29 is 23.2 Å². The van der Waals surface area contributed by atoms with E-state index in [1.807, 2.05) is 0 Å². The maximum absolute atomic E-state index is 13.5. The molecular formula is C17H17F2N3O4. The Morgan fingerprint density at radius 2 is 2.00 bits per heavy atom. The lowest BCUT2D eigenvalue weighted by molar-refractivity contribution is -0.384. The highest BCUT2D eigenvalue weighted by atomic mass is 19.1. The molecule has 0 spiro atoms. The Bertz CT molecular complexity index is 830. The van der Waals surface area contributed by atoms with Gasteiger partial charge in [0.25, 0.3) is 11.6 Å². The number of hydrogen-bond donors (Lipinski definition) is 2. The first-order valence-electron chi connectivity index (χ1n) is 7.66. The SMILES string of the molecule is CNC(=O)c1ccc(NC(C)COc2ccc(F)cc2F)c([N+](=O)[O-])c1. The highest BCUT2D eigenvalue weighted by molar-refractivity contribution is 5.95. The molecule has 26 heavy (non-hydrogen) atoms. The van der Waals surface area contributed by atoms with Crippen LogP contribution >= 0.6 is 0 Å². The van der Waals surface area contributed by atoms with Crippen LogP contribution in [0, 0.1) is 21.7 Å². The Hall–Kier alpha value is -3.23. The van der Waals surface area contributed by atoms with Gasteiger partial charge in [0.1, 0.15) is 18.1 Å². The molecule has 0 radical (unpaired) electrons. The summed E-state index contributed by atoms with van der Waals surface area (Å²) in [5.41, 5.74) is 0.0753. The number of hydrogen-bond acceptors (Lipinski definition) is 5. The molecule has 0 aromatic heterocycles. The number of carbonyl (C=O) groups excluding carboxylic acids is 1. The lowest BCUT2D eigenvalue weighted by Crippen LogP contribution is -2.24. The monoisotopic (exact) mass is 365 g/mol. The molecule has 0 bridgehead atoms. The molecule has 7 nitrogen and oxygen atoms in total. The minimum Gasteiger partial charge on any atom is -0.488 e. The summed E-state index contributed by atoms with van der Waals surface area (Å²) in [7, 11) is 1.42. The second-order valence-corrected chi connectivity index (χ2v) is 5.50.